The van der Waals surface area contributed by atoms with Gasteiger partial charge >= 0.3 is 0 Å². The van der Waals surface area contributed by atoms with Gasteiger partial charge in [-0.05, 0) is 59.2 Å². The fourth-order valence-electron chi connectivity index (χ4n) is 3.77. The van der Waals surface area contributed by atoms with Gasteiger partial charge in [0.25, 0.3) is 0 Å². The van der Waals surface area contributed by atoms with Crippen LogP contribution in [0.15, 0.2) is 12.2 Å². The Hall–Kier alpha value is -0.830. The van der Waals surface area contributed by atoms with Crippen molar-refractivity contribution < 1.29 is 4.79 Å². The van der Waals surface area contributed by atoms with Gasteiger partial charge in [0.1, 0.15) is 0 Å². The average molecular weight is 423 g/mol. The minimum atomic E-state index is 0.231. The topological polar surface area (TPSA) is 32.3 Å². The largest absolute Gasteiger partial charge is 0.356 e. The number of carbonyl (C=O) groups is 1. The maximum absolute atomic E-state index is 11.7. The van der Waals surface area contributed by atoms with E-state index >= 15 is 0 Å². The lowest BCUT2D eigenvalue weighted by atomic mass is 10.1. The second-order valence-corrected chi connectivity index (χ2v) is 9.26. The van der Waals surface area contributed by atoms with E-state index in [9.17, 15) is 4.79 Å². The maximum Gasteiger partial charge on any atom is 0.219 e. The van der Waals surface area contributed by atoms with E-state index in [1.807, 2.05) is 0 Å². The number of amides is 1. The lowest BCUT2D eigenvalue weighted by Gasteiger charge is -2.09. The van der Waals surface area contributed by atoms with Crippen molar-refractivity contribution in [3.63, 3.8) is 0 Å². The van der Waals surface area contributed by atoms with E-state index in [4.69, 9.17) is 0 Å². The van der Waals surface area contributed by atoms with Crippen molar-refractivity contribution in [3.8, 4) is 0 Å². The summed E-state index contributed by atoms with van der Waals surface area (Å²) >= 11 is 0. The Balaban J connectivity index is 3.17. The van der Waals surface area contributed by atoms with Crippen LogP contribution in [0.2, 0.25) is 0 Å². The molecule has 0 saturated heterocycles. The molecule has 0 fully saturated rings. The number of nitrogens with zero attached hydrogens (tertiary/aromatic N) is 1. The van der Waals surface area contributed by atoms with Gasteiger partial charge < -0.3 is 10.2 Å². The van der Waals surface area contributed by atoms with Gasteiger partial charge in [0.15, 0.2) is 0 Å². The van der Waals surface area contributed by atoms with Crippen molar-refractivity contribution in [2.75, 3.05) is 27.2 Å². The van der Waals surface area contributed by atoms with Crippen LogP contribution in [0.25, 0.3) is 0 Å². The lowest BCUT2D eigenvalue weighted by molar-refractivity contribution is -0.121. The number of rotatable bonds is 23. The Kier molecular flexibility index (Phi) is 23.8. The van der Waals surface area contributed by atoms with Gasteiger partial charge in [0, 0.05) is 13.0 Å². The van der Waals surface area contributed by atoms with Gasteiger partial charge in [-0.1, -0.05) is 96.1 Å². The molecule has 1 amide bonds. The molecule has 0 atom stereocenters. The summed E-state index contributed by atoms with van der Waals surface area (Å²) in [6.07, 6.45) is 29.2. The summed E-state index contributed by atoms with van der Waals surface area (Å²) in [4.78, 5) is 13.9. The van der Waals surface area contributed by atoms with Crippen LogP contribution in [0.1, 0.15) is 129 Å². The van der Waals surface area contributed by atoms with Crippen molar-refractivity contribution in [3.05, 3.63) is 12.2 Å². The molecule has 1 N–H and O–H groups in total. The van der Waals surface area contributed by atoms with Crippen LogP contribution in [0.5, 0.6) is 0 Å². The molecule has 3 nitrogen and oxygen atoms in total. The van der Waals surface area contributed by atoms with Gasteiger partial charge in [0.05, 0.1) is 0 Å². The first-order valence-electron chi connectivity index (χ1n) is 13.2. The summed E-state index contributed by atoms with van der Waals surface area (Å²) in [7, 11) is 4.13. The second-order valence-electron chi connectivity index (χ2n) is 9.26. The summed E-state index contributed by atoms with van der Waals surface area (Å²) in [5, 5.41) is 3.03. The molecule has 0 heterocycles. The van der Waals surface area contributed by atoms with Crippen LogP contribution in [0.3, 0.4) is 0 Å². The van der Waals surface area contributed by atoms with Crippen LogP contribution >= 0.6 is 0 Å². The molecule has 0 spiro atoms. The van der Waals surface area contributed by atoms with E-state index in [-0.39, 0.29) is 5.91 Å². The van der Waals surface area contributed by atoms with Gasteiger partial charge in [-0.25, -0.2) is 0 Å². The van der Waals surface area contributed by atoms with Crippen molar-refractivity contribution in [2.45, 2.75) is 129 Å². The fourth-order valence-corrected chi connectivity index (χ4v) is 3.77. The number of unbranched alkanes of at least 4 members (excludes halogenated alkanes) is 15. The van der Waals surface area contributed by atoms with Gasteiger partial charge in [-0.3, -0.25) is 4.79 Å². The summed E-state index contributed by atoms with van der Waals surface area (Å²) in [5.74, 6) is 0.231. The van der Waals surface area contributed by atoms with Crippen molar-refractivity contribution in [2.24, 2.45) is 0 Å². The molecule has 3 heteroatoms. The molecule has 30 heavy (non-hydrogen) atoms. The smallest absolute Gasteiger partial charge is 0.219 e. The minimum Gasteiger partial charge on any atom is -0.356 e. The van der Waals surface area contributed by atoms with Crippen molar-refractivity contribution >= 4 is 5.91 Å². The van der Waals surface area contributed by atoms with E-state index in [0.717, 1.165) is 25.9 Å². The molecule has 178 valence electrons. The highest BCUT2D eigenvalue weighted by Crippen LogP contribution is 2.12. The quantitative estimate of drug-likeness (QED) is 0.135. The Bertz CT molecular complexity index is 379. The predicted molar refractivity (Wildman–Crippen MR) is 134 cm³/mol. The first-order chi connectivity index (χ1) is 14.7. The molecule has 0 aliphatic carbocycles. The Morgan fingerprint density at radius 3 is 1.63 bits per heavy atom. The third-order valence-electron chi connectivity index (χ3n) is 5.77. The van der Waals surface area contributed by atoms with E-state index in [0.29, 0.717) is 6.42 Å². The summed E-state index contributed by atoms with van der Waals surface area (Å²) in [6, 6.07) is 0. The fraction of sp³-hybridized carbons (Fsp3) is 0.889. The zero-order chi connectivity index (χ0) is 22.1. The zero-order valence-electron chi connectivity index (χ0n) is 20.9. The van der Waals surface area contributed by atoms with E-state index in [1.54, 1.807) is 0 Å². The number of nitrogens with one attached hydrogen (secondary N) is 1. The number of hydrogen-bond donors (Lipinski definition) is 1. The summed E-state index contributed by atoms with van der Waals surface area (Å²) < 4.78 is 0. The predicted octanol–water partition coefficient (Wildman–Crippen LogP) is 7.65. The molecule has 0 aliphatic heterocycles. The third kappa shape index (κ3) is 25.2. The molecule has 0 unspecified atom stereocenters. The third-order valence-corrected chi connectivity index (χ3v) is 5.77. The molecular weight excluding hydrogens is 368 g/mol. The second kappa shape index (κ2) is 24.4. The summed E-state index contributed by atoms with van der Waals surface area (Å²) in [5.41, 5.74) is 0. The molecular formula is C27H54N2O. The molecule has 0 aromatic carbocycles. The van der Waals surface area contributed by atoms with Crippen LogP contribution in [0.4, 0.5) is 0 Å². The average Bonchev–Trinajstić information content (AvgIpc) is 2.72. The van der Waals surface area contributed by atoms with E-state index < -0.39 is 0 Å². The van der Waals surface area contributed by atoms with Crippen molar-refractivity contribution in [1.29, 1.82) is 0 Å². The monoisotopic (exact) mass is 422 g/mol. The first-order valence-corrected chi connectivity index (χ1v) is 13.2. The normalized spacial score (nSPS) is 11.6. The molecule has 0 aromatic heterocycles. The van der Waals surface area contributed by atoms with Crippen LogP contribution < -0.4 is 5.32 Å². The highest BCUT2D eigenvalue weighted by Gasteiger charge is 2.00. The molecule has 0 bridgehead atoms. The van der Waals surface area contributed by atoms with Gasteiger partial charge in [0.2, 0.25) is 5.91 Å². The summed E-state index contributed by atoms with van der Waals surface area (Å²) in [6.45, 7) is 4.13. The maximum atomic E-state index is 11.7. The SMILES string of the molecule is CCCCCCCC/C=C\CCCCCCCCCCCC(=O)NCCCN(C)C. The van der Waals surface area contributed by atoms with Crippen LogP contribution in [-0.4, -0.2) is 38.0 Å². The van der Waals surface area contributed by atoms with Gasteiger partial charge in [-0.15, -0.1) is 0 Å². The highest BCUT2D eigenvalue weighted by molar-refractivity contribution is 5.75. The Morgan fingerprint density at radius 1 is 0.667 bits per heavy atom. The molecule has 0 aromatic rings. The minimum absolute atomic E-state index is 0.231. The van der Waals surface area contributed by atoms with Crippen LogP contribution in [-0.2, 0) is 4.79 Å². The van der Waals surface area contributed by atoms with Gasteiger partial charge in [-0.2, -0.15) is 0 Å². The molecule has 0 aliphatic rings. The standard InChI is InChI=1S/C27H54N2O/c1-4-5-6-7-8-9-10-11-12-13-14-15-16-17-18-19-20-21-22-24-27(30)28-25-23-26-29(2)3/h11-12H,4-10,13-26H2,1-3H3,(H,28,30)/b12-11-. The molecule has 0 radical (unpaired) electrons. The number of allylic oxidation sites excluding steroid dienone is 2. The zero-order valence-corrected chi connectivity index (χ0v) is 20.9. The van der Waals surface area contributed by atoms with E-state index in [2.05, 4.69) is 43.4 Å². The lowest BCUT2D eigenvalue weighted by Crippen LogP contribution is -2.26. The van der Waals surface area contributed by atoms with Crippen molar-refractivity contribution in [1.82, 2.24) is 10.2 Å². The Labute approximate surface area is 189 Å². The molecule has 0 saturated carbocycles. The number of carbonyl (C=O) groups excluding carboxylic acids is 1. The van der Waals surface area contributed by atoms with E-state index in [1.165, 1.54) is 103 Å². The van der Waals surface area contributed by atoms with Crippen LogP contribution in [0, 0.1) is 0 Å². The number of hydrogen-bond acceptors (Lipinski definition) is 2. The highest BCUT2D eigenvalue weighted by atomic mass is 16.1. The Morgan fingerprint density at radius 2 is 1.13 bits per heavy atom. The first kappa shape index (κ1) is 29.2. The molecule has 0 rings (SSSR count).